The Morgan fingerprint density at radius 1 is 1.04 bits per heavy atom. The van der Waals surface area contributed by atoms with Crippen LogP contribution >= 0.6 is 11.8 Å². The molecule has 25 heavy (non-hydrogen) atoms. The monoisotopic (exact) mass is 354 g/mol. The van der Waals surface area contributed by atoms with Gasteiger partial charge in [0.15, 0.2) is 0 Å². The van der Waals surface area contributed by atoms with Crippen LogP contribution in [-0.2, 0) is 10.5 Å². The molecule has 4 heteroatoms. The molecule has 0 spiro atoms. The highest BCUT2D eigenvalue weighted by Crippen LogP contribution is 2.23. The normalized spacial score (nSPS) is 15.6. The lowest BCUT2D eigenvalue weighted by molar-refractivity contribution is -0.115. The number of nitrogens with one attached hydrogen (secondary N) is 1. The van der Waals surface area contributed by atoms with Gasteiger partial charge >= 0.3 is 0 Å². The Morgan fingerprint density at radius 2 is 1.72 bits per heavy atom. The van der Waals surface area contributed by atoms with Crippen LogP contribution < -0.4 is 10.2 Å². The zero-order valence-corrected chi connectivity index (χ0v) is 15.6. The lowest BCUT2D eigenvalue weighted by atomic mass is 10.1. The zero-order chi connectivity index (χ0) is 17.5. The van der Waals surface area contributed by atoms with Crippen LogP contribution in [0.15, 0.2) is 54.6 Å². The Labute approximate surface area is 154 Å². The minimum absolute atomic E-state index is 0.0617. The Kier molecular flexibility index (Phi) is 6.40. The molecule has 1 aliphatic heterocycles. The minimum atomic E-state index is -0.0815. The van der Waals surface area contributed by atoms with Gasteiger partial charge in [-0.25, -0.2) is 0 Å². The lowest BCUT2D eigenvalue weighted by Gasteiger charge is -2.28. The van der Waals surface area contributed by atoms with Gasteiger partial charge in [0, 0.05) is 30.2 Å². The first-order valence-corrected chi connectivity index (χ1v) is 10.1. The Bertz CT molecular complexity index is 666. The maximum Gasteiger partial charge on any atom is 0.237 e. The lowest BCUT2D eigenvalue weighted by Crippen LogP contribution is -2.29. The Morgan fingerprint density at radius 3 is 2.40 bits per heavy atom. The predicted octanol–water partition coefficient (Wildman–Crippen LogP) is 4.94. The SMILES string of the molecule is C[C@H](SCc1ccccc1)C(=O)Nc1ccc(N2CCCCC2)cc1. The second kappa shape index (κ2) is 8.95. The third-order valence-electron chi connectivity index (χ3n) is 4.57. The molecular formula is C21H26N2OS. The first kappa shape index (κ1) is 17.9. The van der Waals surface area contributed by atoms with Crippen LogP contribution in [0.3, 0.4) is 0 Å². The molecule has 0 bridgehead atoms. The van der Waals surface area contributed by atoms with E-state index in [1.807, 2.05) is 37.3 Å². The van der Waals surface area contributed by atoms with Gasteiger partial charge < -0.3 is 10.2 Å². The van der Waals surface area contributed by atoms with E-state index in [1.54, 1.807) is 11.8 Å². The molecule has 1 heterocycles. The number of rotatable bonds is 6. The number of amides is 1. The van der Waals surface area contributed by atoms with Gasteiger partial charge in [-0.3, -0.25) is 4.79 Å². The van der Waals surface area contributed by atoms with Crippen molar-refractivity contribution < 1.29 is 4.79 Å². The highest BCUT2D eigenvalue weighted by atomic mass is 32.2. The summed E-state index contributed by atoms with van der Waals surface area (Å²) >= 11 is 1.66. The highest BCUT2D eigenvalue weighted by Gasteiger charge is 2.14. The van der Waals surface area contributed by atoms with Crippen LogP contribution in [-0.4, -0.2) is 24.2 Å². The van der Waals surface area contributed by atoms with E-state index < -0.39 is 0 Å². The van der Waals surface area contributed by atoms with Crippen molar-refractivity contribution in [3.63, 3.8) is 0 Å². The fourth-order valence-electron chi connectivity index (χ4n) is 3.02. The van der Waals surface area contributed by atoms with Crippen molar-refractivity contribution in [2.45, 2.75) is 37.2 Å². The number of hydrogen-bond acceptors (Lipinski definition) is 3. The summed E-state index contributed by atoms with van der Waals surface area (Å²) in [6, 6.07) is 18.5. The smallest absolute Gasteiger partial charge is 0.237 e. The summed E-state index contributed by atoms with van der Waals surface area (Å²) in [5.74, 6) is 0.912. The molecule has 1 atom stereocenters. The second-order valence-corrected chi connectivity index (χ2v) is 7.85. The maximum atomic E-state index is 12.4. The number of nitrogens with zero attached hydrogens (tertiary/aromatic N) is 1. The molecule has 2 aromatic carbocycles. The number of benzene rings is 2. The van der Waals surface area contributed by atoms with Gasteiger partial charge in [0.05, 0.1) is 5.25 Å². The van der Waals surface area contributed by atoms with E-state index in [4.69, 9.17) is 0 Å². The van der Waals surface area contributed by atoms with E-state index in [2.05, 4.69) is 34.5 Å². The summed E-state index contributed by atoms with van der Waals surface area (Å²) in [4.78, 5) is 14.8. The number of thioether (sulfide) groups is 1. The summed E-state index contributed by atoms with van der Waals surface area (Å²) in [5.41, 5.74) is 3.38. The summed E-state index contributed by atoms with van der Waals surface area (Å²) in [6.07, 6.45) is 3.88. The number of hydrogen-bond donors (Lipinski definition) is 1. The third kappa shape index (κ3) is 5.27. The fraction of sp³-hybridized carbons (Fsp3) is 0.381. The first-order chi connectivity index (χ1) is 12.2. The topological polar surface area (TPSA) is 32.3 Å². The molecule has 132 valence electrons. The number of piperidine rings is 1. The molecule has 1 amide bonds. The van der Waals surface area contributed by atoms with E-state index in [0.29, 0.717) is 0 Å². The molecule has 0 saturated carbocycles. The van der Waals surface area contributed by atoms with Crippen LogP contribution in [0.4, 0.5) is 11.4 Å². The van der Waals surface area contributed by atoms with E-state index in [1.165, 1.54) is 30.5 Å². The van der Waals surface area contributed by atoms with Gasteiger partial charge in [-0.1, -0.05) is 30.3 Å². The molecule has 1 aliphatic rings. The molecule has 0 radical (unpaired) electrons. The van der Waals surface area contributed by atoms with Crippen LogP contribution in [0, 0.1) is 0 Å². The molecule has 1 saturated heterocycles. The second-order valence-electron chi connectivity index (χ2n) is 6.52. The molecule has 0 unspecified atom stereocenters. The molecular weight excluding hydrogens is 328 g/mol. The van der Waals surface area contributed by atoms with E-state index in [0.717, 1.165) is 24.5 Å². The fourth-order valence-corrected chi connectivity index (χ4v) is 3.87. The Balaban J connectivity index is 1.49. The van der Waals surface area contributed by atoms with Crippen molar-refractivity contribution in [1.29, 1.82) is 0 Å². The molecule has 0 aromatic heterocycles. The summed E-state index contributed by atoms with van der Waals surface area (Å²) in [7, 11) is 0. The maximum absolute atomic E-state index is 12.4. The zero-order valence-electron chi connectivity index (χ0n) is 14.8. The molecule has 3 nitrogen and oxygen atoms in total. The van der Waals surface area contributed by atoms with Crippen molar-refractivity contribution in [3.8, 4) is 0 Å². The molecule has 2 aromatic rings. The first-order valence-electron chi connectivity index (χ1n) is 9.04. The van der Waals surface area contributed by atoms with E-state index in [9.17, 15) is 4.79 Å². The number of carbonyl (C=O) groups excluding carboxylic acids is 1. The van der Waals surface area contributed by atoms with E-state index in [-0.39, 0.29) is 11.2 Å². The van der Waals surface area contributed by atoms with Crippen molar-refractivity contribution in [2.75, 3.05) is 23.3 Å². The average Bonchev–Trinajstić information content (AvgIpc) is 2.68. The number of carbonyl (C=O) groups is 1. The van der Waals surface area contributed by atoms with Gasteiger partial charge in [-0.15, -0.1) is 11.8 Å². The van der Waals surface area contributed by atoms with Crippen molar-refractivity contribution >= 4 is 29.0 Å². The summed E-state index contributed by atoms with van der Waals surface area (Å²) in [5, 5.41) is 2.95. The molecule has 1 fully saturated rings. The van der Waals surface area contributed by atoms with Gasteiger partial charge in [-0.2, -0.15) is 0 Å². The summed E-state index contributed by atoms with van der Waals surface area (Å²) < 4.78 is 0. The van der Waals surface area contributed by atoms with Crippen molar-refractivity contribution in [3.05, 3.63) is 60.2 Å². The van der Waals surface area contributed by atoms with Gasteiger partial charge in [0.2, 0.25) is 5.91 Å². The van der Waals surface area contributed by atoms with Crippen LogP contribution in [0.1, 0.15) is 31.7 Å². The number of anilines is 2. The van der Waals surface area contributed by atoms with Crippen LogP contribution in [0.5, 0.6) is 0 Å². The van der Waals surface area contributed by atoms with Crippen LogP contribution in [0.25, 0.3) is 0 Å². The largest absolute Gasteiger partial charge is 0.372 e. The molecule has 3 rings (SSSR count). The standard InChI is InChI=1S/C21H26N2OS/c1-17(25-16-18-8-4-2-5-9-18)21(24)22-19-10-12-20(13-11-19)23-14-6-3-7-15-23/h2,4-5,8-13,17H,3,6-7,14-16H2,1H3,(H,22,24)/t17-/m0/s1. The van der Waals surface area contributed by atoms with Gasteiger partial charge in [-0.05, 0) is 56.0 Å². The Hall–Kier alpha value is -1.94. The predicted molar refractivity (Wildman–Crippen MR) is 108 cm³/mol. The summed E-state index contributed by atoms with van der Waals surface area (Å²) in [6.45, 7) is 4.24. The van der Waals surface area contributed by atoms with Crippen LogP contribution in [0.2, 0.25) is 0 Å². The highest BCUT2D eigenvalue weighted by molar-refractivity contribution is 7.99. The third-order valence-corrected chi connectivity index (χ3v) is 5.78. The van der Waals surface area contributed by atoms with E-state index >= 15 is 0 Å². The molecule has 0 aliphatic carbocycles. The van der Waals surface area contributed by atoms with Crippen molar-refractivity contribution in [1.82, 2.24) is 0 Å². The molecule has 1 N–H and O–H groups in total. The van der Waals surface area contributed by atoms with Gasteiger partial charge in [0.1, 0.15) is 0 Å². The van der Waals surface area contributed by atoms with Gasteiger partial charge in [0.25, 0.3) is 0 Å². The average molecular weight is 355 g/mol. The quantitative estimate of drug-likeness (QED) is 0.798. The minimum Gasteiger partial charge on any atom is -0.372 e. The van der Waals surface area contributed by atoms with Crippen molar-refractivity contribution in [2.24, 2.45) is 0 Å².